The second kappa shape index (κ2) is 4.87. The summed E-state index contributed by atoms with van der Waals surface area (Å²) in [6.07, 6.45) is 2.09. The highest BCUT2D eigenvalue weighted by molar-refractivity contribution is 7.99. The Balaban J connectivity index is 2.34. The molecule has 5 heteroatoms. The van der Waals surface area contributed by atoms with E-state index in [0.717, 1.165) is 24.2 Å². The Bertz CT molecular complexity index is 545. The third-order valence-corrected chi connectivity index (χ3v) is 5.59. The molecule has 0 atom stereocenters. The third-order valence-electron chi connectivity index (χ3n) is 2.63. The second-order valence-electron chi connectivity index (χ2n) is 5.58. The number of sulfonamides is 1. The van der Waals surface area contributed by atoms with Crippen LogP contribution in [-0.4, -0.2) is 19.7 Å². The van der Waals surface area contributed by atoms with E-state index >= 15 is 0 Å². The summed E-state index contributed by atoms with van der Waals surface area (Å²) in [4.78, 5) is 1.59. The fraction of sp³-hybridized carbons (Fsp3) is 0.538. The SMILES string of the molecule is CC(C)(C)NS(=O)(=O)c1ccc2c(c1)CCCS2. The smallest absolute Gasteiger partial charge is 0.207 e. The first kappa shape index (κ1) is 13.9. The van der Waals surface area contributed by atoms with Gasteiger partial charge in [0.2, 0.25) is 10.0 Å². The minimum atomic E-state index is -3.41. The third kappa shape index (κ3) is 3.28. The summed E-state index contributed by atoms with van der Waals surface area (Å²) >= 11 is 1.81. The number of nitrogens with one attached hydrogen (secondary N) is 1. The Morgan fingerprint density at radius 1 is 1.28 bits per heavy atom. The van der Waals surface area contributed by atoms with Gasteiger partial charge in [0.05, 0.1) is 4.90 Å². The number of rotatable bonds is 2. The maximum absolute atomic E-state index is 12.2. The monoisotopic (exact) mass is 285 g/mol. The van der Waals surface area contributed by atoms with Gasteiger partial charge in [-0.25, -0.2) is 13.1 Å². The van der Waals surface area contributed by atoms with Crippen molar-refractivity contribution in [3.05, 3.63) is 23.8 Å². The molecule has 0 saturated heterocycles. The van der Waals surface area contributed by atoms with Crippen molar-refractivity contribution in [2.45, 2.75) is 48.9 Å². The average Bonchev–Trinajstić information content (AvgIpc) is 2.25. The molecule has 0 spiro atoms. The van der Waals surface area contributed by atoms with Crippen LogP contribution in [0.15, 0.2) is 28.0 Å². The van der Waals surface area contributed by atoms with Gasteiger partial charge in [0.15, 0.2) is 0 Å². The van der Waals surface area contributed by atoms with E-state index in [0.29, 0.717) is 4.90 Å². The number of hydrogen-bond donors (Lipinski definition) is 1. The van der Waals surface area contributed by atoms with Crippen molar-refractivity contribution in [2.24, 2.45) is 0 Å². The Morgan fingerprint density at radius 2 is 2.00 bits per heavy atom. The van der Waals surface area contributed by atoms with Gasteiger partial charge in [0, 0.05) is 10.4 Å². The molecule has 0 aromatic heterocycles. The van der Waals surface area contributed by atoms with Gasteiger partial charge in [-0.15, -0.1) is 11.8 Å². The van der Waals surface area contributed by atoms with Crippen LogP contribution in [0, 0.1) is 0 Å². The van der Waals surface area contributed by atoms with Gasteiger partial charge < -0.3 is 0 Å². The van der Waals surface area contributed by atoms with E-state index in [4.69, 9.17) is 0 Å². The van der Waals surface area contributed by atoms with E-state index in [1.807, 2.05) is 32.9 Å². The largest absolute Gasteiger partial charge is 0.241 e. The summed E-state index contributed by atoms with van der Waals surface area (Å²) < 4.78 is 27.1. The molecule has 1 aliphatic heterocycles. The molecule has 1 aliphatic rings. The van der Waals surface area contributed by atoms with Gasteiger partial charge in [-0.1, -0.05) is 0 Å². The molecule has 1 aromatic rings. The van der Waals surface area contributed by atoms with Crippen LogP contribution in [0.4, 0.5) is 0 Å². The lowest BCUT2D eigenvalue weighted by molar-refractivity contribution is 0.491. The Kier molecular flexibility index (Phi) is 3.76. The fourth-order valence-corrected chi connectivity index (χ4v) is 4.45. The second-order valence-corrected chi connectivity index (χ2v) is 8.40. The summed E-state index contributed by atoms with van der Waals surface area (Å²) in [5.41, 5.74) is 0.701. The topological polar surface area (TPSA) is 46.2 Å². The quantitative estimate of drug-likeness (QED) is 0.909. The zero-order valence-corrected chi connectivity index (χ0v) is 12.6. The van der Waals surface area contributed by atoms with Crippen LogP contribution >= 0.6 is 11.8 Å². The highest BCUT2D eigenvalue weighted by Gasteiger charge is 2.23. The molecule has 0 bridgehead atoms. The minimum Gasteiger partial charge on any atom is -0.207 e. The Morgan fingerprint density at radius 3 is 2.67 bits per heavy atom. The van der Waals surface area contributed by atoms with Crippen LogP contribution in [0.1, 0.15) is 32.8 Å². The summed E-state index contributed by atoms with van der Waals surface area (Å²) in [6, 6.07) is 5.44. The lowest BCUT2D eigenvalue weighted by Gasteiger charge is -2.21. The highest BCUT2D eigenvalue weighted by atomic mass is 32.2. The Labute approximate surface area is 113 Å². The summed E-state index contributed by atoms with van der Waals surface area (Å²) in [7, 11) is -3.41. The number of thioether (sulfide) groups is 1. The molecule has 1 heterocycles. The van der Waals surface area contributed by atoms with Crippen LogP contribution in [-0.2, 0) is 16.4 Å². The number of benzene rings is 1. The lowest BCUT2D eigenvalue weighted by Crippen LogP contribution is -2.40. The predicted molar refractivity (Wildman–Crippen MR) is 75.6 cm³/mol. The molecule has 3 nitrogen and oxygen atoms in total. The summed E-state index contributed by atoms with van der Waals surface area (Å²) in [5, 5.41) is 0. The molecule has 0 aliphatic carbocycles. The molecule has 0 fully saturated rings. The number of hydrogen-bond acceptors (Lipinski definition) is 3. The molecule has 0 radical (unpaired) electrons. The first-order valence-electron chi connectivity index (χ1n) is 6.08. The van der Waals surface area contributed by atoms with Crippen LogP contribution in [0.2, 0.25) is 0 Å². The maximum atomic E-state index is 12.2. The van der Waals surface area contributed by atoms with Crippen molar-refractivity contribution in [2.75, 3.05) is 5.75 Å². The molecule has 2 rings (SSSR count). The van der Waals surface area contributed by atoms with E-state index in [2.05, 4.69) is 4.72 Å². The first-order chi connectivity index (χ1) is 8.28. The van der Waals surface area contributed by atoms with E-state index in [9.17, 15) is 8.42 Å². The first-order valence-corrected chi connectivity index (χ1v) is 8.54. The molecule has 0 amide bonds. The molecular weight excluding hydrogens is 266 g/mol. The van der Waals surface area contributed by atoms with Crippen LogP contribution in [0.3, 0.4) is 0 Å². The van der Waals surface area contributed by atoms with Crippen molar-refractivity contribution >= 4 is 21.8 Å². The lowest BCUT2D eigenvalue weighted by atomic mass is 10.1. The van der Waals surface area contributed by atoms with E-state index in [1.54, 1.807) is 17.8 Å². The zero-order chi connectivity index (χ0) is 13.4. The molecule has 1 aromatic carbocycles. The highest BCUT2D eigenvalue weighted by Crippen LogP contribution is 2.31. The van der Waals surface area contributed by atoms with Crippen molar-refractivity contribution in [1.82, 2.24) is 4.72 Å². The van der Waals surface area contributed by atoms with Gasteiger partial charge in [0.1, 0.15) is 0 Å². The fourth-order valence-electron chi connectivity index (χ4n) is 1.97. The van der Waals surface area contributed by atoms with E-state index in [-0.39, 0.29) is 0 Å². The summed E-state index contributed by atoms with van der Waals surface area (Å²) in [6.45, 7) is 5.54. The average molecular weight is 285 g/mol. The van der Waals surface area contributed by atoms with Crippen molar-refractivity contribution in [1.29, 1.82) is 0 Å². The van der Waals surface area contributed by atoms with E-state index < -0.39 is 15.6 Å². The number of fused-ring (bicyclic) bond motifs is 1. The normalized spacial score (nSPS) is 16.4. The zero-order valence-electron chi connectivity index (χ0n) is 11.0. The Hall–Kier alpha value is -0.520. The van der Waals surface area contributed by atoms with Crippen molar-refractivity contribution in [3.63, 3.8) is 0 Å². The predicted octanol–water partition coefficient (Wildman–Crippen LogP) is 2.80. The van der Waals surface area contributed by atoms with Crippen LogP contribution < -0.4 is 4.72 Å². The van der Waals surface area contributed by atoms with Gasteiger partial charge in [-0.2, -0.15) is 0 Å². The molecule has 100 valence electrons. The molecule has 1 N–H and O–H groups in total. The van der Waals surface area contributed by atoms with Crippen molar-refractivity contribution in [3.8, 4) is 0 Å². The van der Waals surface area contributed by atoms with Gasteiger partial charge in [0.25, 0.3) is 0 Å². The van der Waals surface area contributed by atoms with Crippen LogP contribution in [0.25, 0.3) is 0 Å². The maximum Gasteiger partial charge on any atom is 0.241 e. The molecular formula is C13H19NO2S2. The van der Waals surface area contributed by atoms with Crippen LogP contribution in [0.5, 0.6) is 0 Å². The minimum absolute atomic E-state index is 0.374. The van der Waals surface area contributed by atoms with Crippen molar-refractivity contribution < 1.29 is 8.42 Å². The van der Waals surface area contributed by atoms with Gasteiger partial charge >= 0.3 is 0 Å². The molecule has 18 heavy (non-hydrogen) atoms. The van der Waals surface area contributed by atoms with E-state index in [1.165, 1.54) is 4.90 Å². The molecule has 0 saturated carbocycles. The standard InChI is InChI=1S/C13H19NO2S2/c1-13(2,3)14-18(15,16)11-6-7-12-10(9-11)5-4-8-17-12/h6-7,9,14H,4-5,8H2,1-3H3. The summed E-state index contributed by atoms with van der Waals surface area (Å²) in [5.74, 6) is 1.12. The number of aryl methyl sites for hydroxylation is 1. The van der Waals surface area contributed by atoms with Gasteiger partial charge in [-0.3, -0.25) is 0 Å². The molecule has 0 unspecified atom stereocenters. The van der Waals surface area contributed by atoms with Gasteiger partial charge in [-0.05, 0) is 63.1 Å².